The van der Waals surface area contributed by atoms with Gasteiger partial charge in [0.1, 0.15) is 16.9 Å². The van der Waals surface area contributed by atoms with E-state index >= 15 is 0 Å². The smallest absolute Gasteiger partial charge is 0.319 e. The van der Waals surface area contributed by atoms with Gasteiger partial charge in [-0.1, -0.05) is 0 Å². The van der Waals surface area contributed by atoms with Crippen LogP contribution in [0, 0.1) is 10.1 Å². The number of pyridine rings is 1. The normalized spacial score (nSPS) is 9.95. The minimum atomic E-state index is -0.582. The summed E-state index contributed by atoms with van der Waals surface area (Å²) in [6.45, 7) is 0. The molecule has 0 radical (unpaired) electrons. The van der Waals surface area contributed by atoms with E-state index in [2.05, 4.69) is 25.3 Å². The van der Waals surface area contributed by atoms with Gasteiger partial charge in [-0.3, -0.25) is 24.3 Å². The van der Waals surface area contributed by atoms with Gasteiger partial charge < -0.3 is 16.0 Å². The zero-order valence-electron chi connectivity index (χ0n) is 10.7. The molecule has 0 saturated carbocycles. The number of hydrogen-bond donors (Lipinski definition) is 4. The summed E-state index contributed by atoms with van der Waals surface area (Å²) < 4.78 is 2.45. The van der Waals surface area contributed by atoms with Gasteiger partial charge in [-0.2, -0.15) is 0 Å². The maximum Gasteiger partial charge on any atom is 0.319 e. The van der Waals surface area contributed by atoms with Crippen LogP contribution in [0.25, 0.3) is 0 Å². The Bertz CT molecular complexity index is 739. The number of nitro groups is 1. The summed E-state index contributed by atoms with van der Waals surface area (Å²) in [4.78, 5) is 36.7. The third-order valence-electron chi connectivity index (χ3n) is 2.36. The molecule has 0 bridgehead atoms. The van der Waals surface area contributed by atoms with Crippen LogP contribution in [0.5, 0.6) is 0 Å². The molecule has 2 heterocycles. The van der Waals surface area contributed by atoms with Crippen molar-refractivity contribution >= 4 is 39.6 Å². The van der Waals surface area contributed by atoms with Gasteiger partial charge in [-0.05, 0) is 11.5 Å². The molecule has 2 rings (SSSR count). The summed E-state index contributed by atoms with van der Waals surface area (Å²) in [6, 6.07) is 0.708. The molecular formula is C10H10N6O4S. The molecule has 0 unspecified atom stereocenters. The van der Waals surface area contributed by atoms with E-state index in [4.69, 9.17) is 0 Å². The van der Waals surface area contributed by atoms with Gasteiger partial charge in [0.15, 0.2) is 0 Å². The van der Waals surface area contributed by atoms with E-state index in [1.54, 1.807) is 0 Å². The Hall–Kier alpha value is -2.95. The molecule has 0 fully saturated rings. The summed E-state index contributed by atoms with van der Waals surface area (Å²) in [7, 11) is 1.41. The summed E-state index contributed by atoms with van der Waals surface area (Å²) in [5.74, 6) is 0. The van der Waals surface area contributed by atoms with Crippen LogP contribution >= 0.6 is 11.5 Å². The predicted octanol–water partition coefficient (Wildman–Crippen LogP) is 1.23. The summed E-state index contributed by atoms with van der Waals surface area (Å²) in [5, 5.41) is 18.5. The number of amides is 2. The highest BCUT2D eigenvalue weighted by molar-refractivity contribution is 7.11. The SMILES string of the molecule is CNC(=O)Nc1c(Nc2cncc([N+](=O)[O-])c2)s[nH]c1=O. The second kappa shape index (κ2) is 6.00. The highest BCUT2D eigenvalue weighted by Gasteiger charge is 2.14. The Labute approximate surface area is 121 Å². The van der Waals surface area contributed by atoms with Crippen molar-refractivity contribution in [2.24, 2.45) is 0 Å². The van der Waals surface area contributed by atoms with Crippen molar-refractivity contribution in [3.8, 4) is 0 Å². The van der Waals surface area contributed by atoms with E-state index < -0.39 is 16.5 Å². The van der Waals surface area contributed by atoms with E-state index in [0.717, 1.165) is 17.7 Å². The van der Waals surface area contributed by atoms with Gasteiger partial charge in [0.05, 0.1) is 16.8 Å². The van der Waals surface area contributed by atoms with Crippen molar-refractivity contribution in [2.75, 3.05) is 17.7 Å². The van der Waals surface area contributed by atoms with Crippen LogP contribution in [0.15, 0.2) is 23.3 Å². The van der Waals surface area contributed by atoms with Crippen LogP contribution in [0.1, 0.15) is 0 Å². The molecule has 4 N–H and O–H groups in total. The number of carbonyl (C=O) groups is 1. The number of H-pyrrole nitrogens is 1. The maximum absolute atomic E-state index is 11.6. The largest absolute Gasteiger partial charge is 0.343 e. The first-order valence-electron chi connectivity index (χ1n) is 5.58. The van der Waals surface area contributed by atoms with E-state index in [0.29, 0.717) is 10.7 Å². The molecule has 0 aromatic carbocycles. The number of nitrogens with zero attached hydrogens (tertiary/aromatic N) is 2. The molecule has 0 saturated heterocycles. The third kappa shape index (κ3) is 3.33. The van der Waals surface area contributed by atoms with Crippen molar-refractivity contribution in [3.05, 3.63) is 38.9 Å². The zero-order valence-corrected chi connectivity index (χ0v) is 11.5. The van der Waals surface area contributed by atoms with Gasteiger partial charge in [0.25, 0.3) is 11.2 Å². The fraction of sp³-hybridized carbons (Fsp3) is 0.100. The Balaban J connectivity index is 2.28. The van der Waals surface area contributed by atoms with Gasteiger partial charge in [0.2, 0.25) is 0 Å². The average Bonchev–Trinajstić information content (AvgIpc) is 2.80. The monoisotopic (exact) mass is 310 g/mol. The molecule has 2 amide bonds. The lowest BCUT2D eigenvalue weighted by atomic mass is 10.3. The quantitative estimate of drug-likeness (QED) is 0.494. The second-order valence-electron chi connectivity index (χ2n) is 3.76. The Morgan fingerprint density at radius 1 is 1.48 bits per heavy atom. The molecule has 0 atom stereocenters. The summed E-state index contributed by atoms with van der Waals surface area (Å²) in [6.07, 6.45) is 2.47. The zero-order chi connectivity index (χ0) is 15.4. The number of carbonyl (C=O) groups excluding carboxylic acids is 1. The molecule has 2 aromatic rings. The molecule has 11 heteroatoms. The number of anilines is 3. The Kier molecular flexibility index (Phi) is 4.13. The predicted molar refractivity (Wildman–Crippen MR) is 77.2 cm³/mol. The first-order chi connectivity index (χ1) is 10.0. The number of aromatic amines is 1. The van der Waals surface area contributed by atoms with Crippen LogP contribution in [-0.4, -0.2) is 27.4 Å². The number of urea groups is 1. The van der Waals surface area contributed by atoms with Crippen LogP contribution < -0.4 is 21.5 Å². The lowest BCUT2D eigenvalue weighted by molar-refractivity contribution is -0.385. The fourth-order valence-electron chi connectivity index (χ4n) is 1.41. The highest BCUT2D eigenvalue weighted by atomic mass is 32.1. The lowest BCUT2D eigenvalue weighted by Crippen LogP contribution is -2.27. The maximum atomic E-state index is 11.6. The van der Waals surface area contributed by atoms with Crippen molar-refractivity contribution in [1.29, 1.82) is 0 Å². The standard InChI is InChI=1S/C10H10N6O4S/c1-11-10(18)14-7-8(17)15-21-9(7)13-5-2-6(16(19)20)4-12-3-5/h2-4,13H,1H3,(H,15,17)(H2,11,14,18). The van der Waals surface area contributed by atoms with E-state index in [1.165, 1.54) is 19.3 Å². The molecule has 10 nitrogen and oxygen atoms in total. The van der Waals surface area contributed by atoms with Crippen molar-refractivity contribution in [2.45, 2.75) is 0 Å². The van der Waals surface area contributed by atoms with Gasteiger partial charge in [-0.15, -0.1) is 0 Å². The van der Waals surface area contributed by atoms with Gasteiger partial charge in [-0.25, -0.2) is 4.79 Å². The van der Waals surface area contributed by atoms with Crippen LogP contribution in [0.2, 0.25) is 0 Å². The number of rotatable bonds is 4. The Morgan fingerprint density at radius 3 is 2.90 bits per heavy atom. The third-order valence-corrected chi connectivity index (χ3v) is 3.16. The van der Waals surface area contributed by atoms with Gasteiger partial charge in [0, 0.05) is 13.1 Å². The number of aromatic nitrogens is 2. The molecular weight excluding hydrogens is 300 g/mol. The van der Waals surface area contributed by atoms with E-state index in [1.807, 2.05) is 0 Å². The average molecular weight is 310 g/mol. The lowest BCUT2D eigenvalue weighted by Gasteiger charge is -2.06. The second-order valence-corrected chi connectivity index (χ2v) is 4.57. The number of hydrogen-bond acceptors (Lipinski definition) is 7. The topological polar surface area (TPSA) is 142 Å². The first kappa shape index (κ1) is 14.5. The minimum absolute atomic E-state index is 0.0193. The fourth-order valence-corrected chi connectivity index (χ4v) is 2.12. The number of nitrogens with one attached hydrogen (secondary N) is 4. The summed E-state index contributed by atoms with van der Waals surface area (Å²) >= 11 is 0.949. The van der Waals surface area contributed by atoms with Crippen LogP contribution in [0.4, 0.5) is 26.9 Å². The minimum Gasteiger partial charge on any atom is -0.343 e. The van der Waals surface area contributed by atoms with E-state index in [9.17, 15) is 19.7 Å². The molecule has 110 valence electrons. The molecule has 0 aliphatic carbocycles. The molecule has 21 heavy (non-hydrogen) atoms. The molecule has 0 spiro atoms. The van der Waals surface area contributed by atoms with Crippen LogP contribution in [0.3, 0.4) is 0 Å². The first-order valence-corrected chi connectivity index (χ1v) is 6.39. The summed E-state index contributed by atoms with van der Waals surface area (Å²) in [5.41, 5.74) is -0.335. The van der Waals surface area contributed by atoms with Gasteiger partial charge >= 0.3 is 6.03 Å². The molecule has 0 aliphatic rings. The Morgan fingerprint density at radius 2 is 2.24 bits per heavy atom. The molecule has 2 aromatic heterocycles. The molecule has 0 aliphatic heterocycles. The van der Waals surface area contributed by atoms with E-state index in [-0.39, 0.29) is 11.4 Å². The van der Waals surface area contributed by atoms with Crippen molar-refractivity contribution in [3.63, 3.8) is 0 Å². The van der Waals surface area contributed by atoms with Crippen LogP contribution in [-0.2, 0) is 0 Å². The highest BCUT2D eigenvalue weighted by Crippen LogP contribution is 2.27. The van der Waals surface area contributed by atoms with Crippen molar-refractivity contribution < 1.29 is 9.72 Å². The van der Waals surface area contributed by atoms with Crippen molar-refractivity contribution in [1.82, 2.24) is 14.7 Å².